The van der Waals surface area contributed by atoms with E-state index < -0.39 is 23.5 Å². The molecule has 1 aromatic carbocycles. The molecule has 3 rings (SSSR count). The summed E-state index contributed by atoms with van der Waals surface area (Å²) in [5, 5.41) is 5.97. The number of benzene rings is 1. The van der Waals surface area contributed by atoms with Gasteiger partial charge in [0.05, 0.1) is 31.0 Å². The summed E-state index contributed by atoms with van der Waals surface area (Å²) in [5.74, 6) is -0.896. The van der Waals surface area contributed by atoms with Crippen molar-refractivity contribution in [2.75, 3.05) is 37.0 Å². The molecule has 1 saturated carbocycles. The molecule has 0 bridgehead atoms. The number of halogens is 1. The van der Waals surface area contributed by atoms with Gasteiger partial charge < -0.3 is 29.7 Å². The molecule has 0 radical (unpaired) electrons. The van der Waals surface area contributed by atoms with Crippen LogP contribution in [-0.2, 0) is 9.47 Å². The molecule has 1 unspecified atom stereocenters. The van der Waals surface area contributed by atoms with Crippen LogP contribution in [0.15, 0.2) is 6.07 Å². The second kappa shape index (κ2) is 9.20. The van der Waals surface area contributed by atoms with Gasteiger partial charge in [-0.25, -0.2) is 14.0 Å². The van der Waals surface area contributed by atoms with Gasteiger partial charge in [-0.2, -0.15) is 0 Å². The third kappa shape index (κ3) is 5.71. The quantitative estimate of drug-likeness (QED) is 0.629. The number of nitrogens with one attached hydrogen (secondary N) is 2. The molecule has 1 aliphatic heterocycles. The Balaban J connectivity index is 1.85. The number of rotatable bonds is 7. The highest BCUT2D eigenvalue weighted by molar-refractivity contribution is 5.98. The molecule has 1 saturated heterocycles. The third-order valence-corrected chi connectivity index (χ3v) is 5.07. The van der Waals surface area contributed by atoms with Gasteiger partial charge in [0.2, 0.25) is 0 Å². The molecule has 1 heterocycles. The number of hydrogen-bond acceptors (Lipinski definition) is 7. The van der Waals surface area contributed by atoms with Crippen LogP contribution in [0.3, 0.4) is 0 Å². The average molecular weight is 438 g/mol. The summed E-state index contributed by atoms with van der Waals surface area (Å²) in [6.45, 7) is 8.21. The van der Waals surface area contributed by atoms with Crippen molar-refractivity contribution >= 4 is 23.4 Å². The normalized spacial score (nSPS) is 18.5. The van der Waals surface area contributed by atoms with Gasteiger partial charge in [-0.3, -0.25) is 0 Å². The number of alkyl carbamates (subject to hydrolysis) is 1. The Bertz CT molecular complexity index is 835. The first-order valence-corrected chi connectivity index (χ1v) is 10.7. The Labute approximate surface area is 182 Å². The fourth-order valence-electron chi connectivity index (χ4n) is 3.56. The van der Waals surface area contributed by atoms with Crippen molar-refractivity contribution in [3.8, 4) is 5.75 Å². The minimum absolute atomic E-state index is 0.120. The molecule has 2 N–H and O–H groups in total. The minimum atomic E-state index is -0.597. The van der Waals surface area contributed by atoms with Gasteiger partial charge in [0, 0.05) is 19.1 Å². The number of carbonyl (C=O) groups is 2. The molecule has 1 aliphatic carbocycles. The maximum absolute atomic E-state index is 15.7. The van der Waals surface area contributed by atoms with Crippen LogP contribution in [0.1, 0.15) is 57.3 Å². The van der Waals surface area contributed by atoms with E-state index in [9.17, 15) is 9.59 Å². The third-order valence-electron chi connectivity index (χ3n) is 5.07. The Morgan fingerprint density at radius 1 is 1.23 bits per heavy atom. The van der Waals surface area contributed by atoms with Gasteiger partial charge in [0.15, 0.2) is 5.82 Å². The van der Waals surface area contributed by atoms with E-state index in [1.165, 1.54) is 13.2 Å². The van der Waals surface area contributed by atoms with Crippen molar-refractivity contribution in [2.24, 2.45) is 0 Å². The molecule has 1 aromatic rings. The number of methoxy groups -OCH3 is 1. The second-order valence-corrected chi connectivity index (χ2v) is 8.88. The molecule has 2 aliphatic rings. The zero-order valence-electron chi connectivity index (χ0n) is 18.8. The van der Waals surface area contributed by atoms with Gasteiger partial charge >= 0.3 is 12.1 Å². The number of nitrogens with zero attached hydrogens (tertiary/aromatic N) is 1. The fourth-order valence-corrected chi connectivity index (χ4v) is 3.56. The van der Waals surface area contributed by atoms with Crippen LogP contribution >= 0.6 is 0 Å². The molecule has 2 fully saturated rings. The fraction of sp³-hybridized carbons (Fsp3) is 0.636. The molecule has 9 heteroatoms. The first-order valence-electron chi connectivity index (χ1n) is 10.7. The number of ether oxygens (including phenoxy) is 3. The van der Waals surface area contributed by atoms with Crippen LogP contribution in [0.25, 0.3) is 0 Å². The van der Waals surface area contributed by atoms with Crippen molar-refractivity contribution in [3.05, 3.63) is 17.4 Å². The first-order chi connectivity index (χ1) is 14.6. The smallest absolute Gasteiger partial charge is 0.407 e. The molecule has 1 atom stereocenters. The molecule has 0 aromatic heterocycles. The van der Waals surface area contributed by atoms with E-state index in [1.54, 1.807) is 27.7 Å². The molecule has 172 valence electrons. The van der Waals surface area contributed by atoms with Gasteiger partial charge in [0.25, 0.3) is 0 Å². The summed E-state index contributed by atoms with van der Waals surface area (Å²) >= 11 is 0. The summed E-state index contributed by atoms with van der Waals surface area (Å²) in [7, 11) is 1.44. The standard InChI is InChI=1S/C22H32FN3O5/c1-6-30-20(27)15-11-16(29-5)19(17(23)18(15)24-13-7-8-13)26-10-9-14(12-26)25-21(28)31-22(2,3)4/h11,13-14,24H,6-10,12H2,1-5H3,(H,25,28). The lowest BCUT2D eigenvalue weighted by Gasteiger charge is -2.25. The Morgan fingerprint density at radius 3 is 2.52 bits per heavy atom. The highest BCUT2D eigenvalue weighted by Crippen LogP contribution is 2.41. The predicted octanol–water partition coefficient (Wildman–Crippen LogP) is 3.69. The summed E-state index contributed by atoms with van der Waals surface area (Å²) in [6.07, 6.45) is 1.98. The topological polar surface area (TPSA) is 89.1 Å². The summed E-state index contributed by atoms with van der Waals surface area (Å²) in [4.78, 5) is 26.4. The van der Waals surface area contributed by atoms with Crippen molar-refractivity contribution in [3.63, 3.8) is 0 Å². The highest BCUT2D eigenvalue weighted by atomic mass is 19.1. The Hall–Kier alpha value is -2.71. The largest absolute Gasteiger partial charge is 0.494 e. The second-order valence-electron chi connectivity index (χ2n) is 8.88. The monoisotopic (exact) mass is 437 g/mol. The van der Waals surface area contributed by atoms with Gasteiger partial charge in [-0.05, 0) is 53.0 Å². The number of amides is 1. The van der Waals surface area contributed by atoms with Crippen molar-refractivity contribution in [2.45, 2.75) is 64.6 Å². The zero-order chi connectivity index (χ0) is 22.8. The number of anilines is 2. The van der Waals surface area contributed by atoms with E-state index in [-0.39, 0.29) is 41.4 Å². The maximum atomic E-state index is 15.7. The molecule has 0 spiro atoms. The predicted molar refractivity (Wildman–Crippen MR) is 116 cm³/mol. The van der Waals surface area contributed by atoms with Gasteiger partial charge in [0.1, 0.15) is 17.0 Å². The highest BCUT2D eigenvalue weighted by Gasteiger charge is 2.34. The molecular weight excluding hydrogens is 405 g/mol. The molecular formula is C22H32FN3O5. The molecule has 8 nitrogen and oxygen atoms in total. The molecule has 1 amide bonds. The maximum Gasteiger partial charge on any atom is 0.407 e. The van der Waals surface area contributed by atoms with Crippen LogP contribution in [0.2, 0.25) is 0 Å². The van der Waals surface area contributed by atoms with Crippen LogP contribution in [0.4, 0.5) is 20.6 Å². The van der Waals surface area contributed by atoms with E-state index >= 15 is 4.39 Å². The van der Waals surface area contributed by atoms with Crippen LogP contribution in [-0.4, -0.2) is 56.6 Å². The summed E-state index contributed by atoms with van der Waals surface area (Å²) in [5.41, 5.74) is -0.0636. The van der Waals surface area contributed by atoms with Crippen LogP contribution < -0.4 is 20.3 Å². The van der Waals surface area contributed by atoms with E-state index in [0.717, 1.165) is 12.8 Å². The lowest BCUT2D eigenvalue weighted by atomic mass is 10.1. The van der Waals surface area contributed by atoms with Crippen LogP contribution in [0, 0.1) is 5.82 Å². The number of esters is 1. The van der Waals surface area contributed by atoms with Crippen LogP contribution in [0.5, 0.6) is 5.75 Å². The first kappa shape index (κ1) is 23.0. The Kier molecular flexibility index (Phi) is 6.81. The van der Waals surface area contributed by atoms with E-state index in [4.69, 9.17) is 14.2 Å². The minimum Gasteiger partial charge on any atom is -0.494 e. The number of carbonyl (C=O) groups excluding carboxylic acids is 2. The van der Waals surface area contributed by atoms with Gasteiger partial charge in [-0.1, -0.05) is 0 Å². The van der Waals surface area contributed by atoms with E-state index in [0.29, 0.717) is 19.5 Å². The van der Waals surface area contributed by atoms with E-state index in [1.807, 2.05) is 4.90 Å². The van der Waals surface area contributed by atoms with Crippen molar-refractivity contribution in [1.29, 1.82) is 0 Å². The van der Waals surface area contributed by atoms with Crippen molar-refractivity contribution in [1.82, 2.24) is 5.32 Å². The Morgan fingerprint density at radius 2 is 1.94 bits per heavy atom. The lowest BCUT2D eigenvalue weighted by Crippen LogP contribution is -2.40. The lowest BCUT2D eigenvalue weighted by molar-refractivity contribution is 0.0503. The van der Waals surface area contributed by atoms with Crippen molar-refractivity contribution < 1.29 is 28.2 Å². The SMILES string of the molecule is CCOC(=O)c1cc(OC)c(N2CCC(NC(=O)OC(C)(C)C)C2)c(F)c1NC1CC1. The zero-order valence-corrected chi connectivity index (χ0v) is 18.8. The summed E-state index contributed by atoms with van der Waals surface area (Å²) in [6, 6.07) is 1.48. The number of hydrogen-bond donors (Lipinski definition) is 2. The summed E-state index contributed by atoms with van der Waals surface area (Å²) < 4.78 is 31.6. The van der Waals surface area contributed by atoms with E-state index in [2.05, 4.69) is 10.6 Å². The average Bonchev–Trinajstić information content (AvgIpc) is 3.38. The molecule has 31 heavy (non-hydrogen) atoms. The van der Waals surface area contributed by atoms with Gasteiger partial charge in [-0.15, -0.1) is 0 Å².